The molecule has 2 rings (SSSR count). The van der Waals surface area contributed by atoms with Crippen molar-refractivity contribution in [2.24, 2.45) is 18.9 Å². The van der Waals surface area contributed by atoms with Crippen LogP contribution in [-0.4, -0.2) is 22.9 Å². The van der Waals surface area contributed by atoms with E-state index in [1.807, 2.05) is 11.7 Å². The van der Waals surface area contributed by atoms with Gasteiger partial charge in [0.05, 0.1) is 5.69 Å². The number of piperidine rings is 1. The summed E-state index contributed by atoms with van der Waals surface area (Å²) in [4.78, 5) is 0. The molecule has 1 aromatic rings. The Hall–Kier alpha value is -0.830. The number of nitrogens with zero attached hydrogens (tertiary/aromatic N) is 2. The van der Waals surface area contributed by atoms with Crippen LogP contribution in [0, 0.1) is 11.8 Å². The van der Waals surface area contributed by atoms with E-state index in [1.165, 1.54) is 30.6 Å². The largest absolute Gasteiger partial charge is 0.316 e. The Balaban J connectivity index is 2.21. The number of rotatable bonds is 4. The molecule has 2 heterocycles. The Bertz CT molecular complexity index is 381. The van der Waals surface area contributed by atoms with E-state index in [2.05, 4.69) is 37.4 Å². The Morgan fingerprint density at radius 2 is 2.28 bits per heavy atom. The SMILES string of the molecule is CCc1nn(C)cc1C1CCNCC1CC(C)C. The fourth-order valence-corrected chi connectivity index (χ4v) is 3.32. The first kappa shape index (κ1) is 13.6. The molecule has 3 heteroatoms. The quantitative estimate of drug-likeness (QED) is 0.889. The molecule has 0 amide bonds. The molecule has 1 fully saturated rings. The summed E-state index contributed by atoms with van der Waals surface area (Å²) in [6.45, 7) is 9.19. The monoisotopic (exact) mass is 249 g/mol. The van der Waals surface area contributed by atoms with Crippen molar-refractivity contribution < 1.29 is 0 Å². The van der Waals surface area contributed by atoms with Crippen LogP contribution in [-0.2, 0) is 13.5 Å². The third kappa shape index (κ3) is 2.94. The van der Waals surface area contributed by atoms with Crippen molar-refractivity contribution in [3.05, 3.63) is 17.5 Å². The molecule has 0 bridgehead atoms. The summed E-state index contributed by atoms with van der Waals surface area (Å²) in [6, 6.07) is 0. The van der Waals surface area contributed by atoms with Gasteiger partial charge in [0, 0.05) is 13.2 Å². The van der Waals surface area contributed by atoms with Crippen LogP contribution in [0.4, 0.5) is 0 Å². The van der Waals surface area contributed by atoms with Crippen molar-refractivity contribution in [2.45, 2.75) is 46.0 Å². The molecule has 18 heavy (non-hydrogen) atoms. The first-order valence-corrected chi connectivity index (χ1v) is 7.35. The van der Waals surface area contributed by atoms with Crippen molar-refractivity contribution >= 4 is 0 Å². The van der Waals surface area contributed by atoms with E-state index < -0.39 is 0 Å². The molecule has 102 valence electrons. The number of aromatic nitrogens is 2. The van der Waals surface area contributed by atoms with Gasteiger partial charge < -0.3 is 5.32 Å². The van der Waals surface area contributed by atoms with Crippen LogP contribution in [0.25, 0.3) is 0 Å². The highest BCUT2D eigenvalue weighted by molar-refractivity contribution is 5.24. The van der Waals surface area contributed by atoms with Crippen LogP contribution in [0.2, 0.25) is 0 Å². The molecule has 1 aliphatic heterocycles. The van der Waals surface area contributed by atoms with Crippen molar-refractivity contribution in [1.82, 2.24) is 15.1 Å². The van der Waals surface area contributed by atoms with E-state index in [9.17, 15) is 0 Å². The van der Waals surface area contributed by atoms with Gasteiger partial charge in [0.15, 0.2) is 0 Å². The average molecular weight is 249 g/mol. The molecule has 0 radical (unpaired) electrons. The zero-order valence-electron chi connectivity index (χ0n) is 12.2. The molecule has 2 atom stereocenters. The standard InChI is InChI=1S/C15H27N3/c1-5-15-14(10-18(4)17-15)13-6-7-16-9-12(13)8-11(2)3/h10-13,16H,5-9H2,1-4H3. The number of nitrogens with one attached hydrogen (secondary N) is 1. The number of hydrogen-bond donors (Lipinski definition) is 1. The molecule has 1 N–H and O–H groups in total. The molecule has 1 saturated heterocycles. The van der Waals surface area contributed by atoms with Gasteiger partial charge in [-0.3, -0.25) is 4.68 Å². The van der Waals surface area contributed by atoms with E-state index in [0.717, 1.165) is 24.8 Å². The molecule has 0 aliphatic carbocycles. The van der Waals surface area contributed by atoms with E-state index >= 15 is 0 Å². The van der Waals surface area contributed by atoms with Crippen molar-refractivity contribution in [3.63, 3.8) is 0 Å². The highest BCUT2D eigenvalue weighted by Crippen LogP contribution is 2.35. The molecule has 0 aromatic carbocycles. The van der Waals surface area contributed by atoms with Gasteiger partial charge in [0.2, 0.25) is 0 Å². The molecule has 3 nitrogen and oxygen atoms in total. The minimum absolute atomic E-state index is 0.706. The van der Waals surface area contributed by atoms with Gasteiger partial charge in [-0.15, -0.1) is 0 Å². The summed E-state index contributed by atoms with van der Waals surface area (Å²) in [5.74, 6) is 2.25. The first-order chi connectivity index (χ1) is 8.61. The summed E-state index contributed by atoms with van der Waals surface area (Å²) in [5.41, 5.74) is 2.81. The topological polar surface area (TPSA) is 29.9 Å². The third-order valence-electron chi connectivity index (χ3n) is 4.05. The smallest absolute Gasteiger partial charge is 0.0656 e. The zero-order valence-corrected chi connectivity index (χ0v) is 12.2. The highest BCUT2D eigenvalue weighted by Gasteiger charge is 2.29. The minimum atomic E-state index is 0.706. The van der Waals surface area contributed by atoms with E-state index in [0.29, 0.717) is 5.92 Å². The van der Waals surface area contributed by atoms with Crippen LogP contribution in [0.3, 0.4) is 0 Å². The second-order valence-corrected chi connectivity index (χ2v) is 6.05. The Labute approximate surface area is 111 Å². The van der Waals surface area contributed by atoms with Crippen molar-refractivity contribution in [1.29, 1.82) is 0 Å². The van der Waals surface area contributed by atoms with Crippen LogP contribution < -0.4 is 5.32 Å². The molecule has 1 aromatic heterocycles. The molecular weight excluding hydrogens is 222 g/mol. The number of hydrogen-bond acceptors (Lipinski definition) is 2. The van der Waals surface area contributed by atoms with Crippen molar-refractivity contribution in [3.8, 4) is 0 Å². The predicted molar refractivity (Wildman–Crippen MR) is 75.8 cm³/mol. The second kappa shape index (κ2) is 5.87. The molecule has 0 saturated carbocycles. The molecule has 0 spiro atoms. The summed E-state index contributed by atoms with van der Waals surface area (Å²) < 4.78 is 1.99. The van der Waals surface area contributed by atoms with Gasteiger partial charge in [-0.1, -0.05) is 20.8 Å². The summed E-state index contributed by atoms with van der Waals surface area (Å²) in [5, 5.41) is 8.17. The highest BCUT2D eigenvalue weighted by atomic mass is 15.3. The Kier molecular flexibility index (Phi) is 4.44. The minimum Gasteiger partial charge on any atom is -0.316 e. The third-order valence-corrected chi connectivity index (χ3v) is 4.05. The lowest BCUT2D eigenvalue weighted by atomic mass is 9.77. The maximum absolute atomic E-state index is 4.61. The van der Waals surface area contributed by atoms with Crippen LogP contribution in [0.15, 0.2) is 6.20 Å². The van der Waals surface area contributed by atoms with E-state index in [4.69, 9.17) is 0 Å². The maximum Gasteiger partial charge on any atom is 0.0656 e. The number of aryl methyl sites for hydroxylation is 2. The Morgan fingerprint density at radius 3 is 2.94 bits per heavy atom. The van der Waals surface area contributed by atoms with Crippen LogP contribution >= 0.6 is 0 Å². The molecular formula is C15H27N3. The molecule has 2 unspecified atom stereocenters. The normalized spacial score (nSPS) is 24.7. The van der Waals surface area contributed by atoms with E-state index in [-0.39, 0.29) is 0 Å². The lowest BCUT2D eigenvalue weighted by molar-refractivity contribution is 0.279. The van der Waals surface area contributed by atoms with E-state index in [1.54, 1.807) is 0 Å². The van der Waals surface area contributed by atoms with Gasteiger partial charge in [0.25, 0.3) is 0 Å². The lowest BCUT2D eigenvalue weighted by Gasteiger charge is -2.33. The zero-order chi connectivity index (χ0) is 13.1. The first-order valence-electron chi connectivity index (χ1n) is 7.35. The predicted octanol–water partition coefficient (Wildman–Crippen LogP) is 2.72. The average Bonchev–Trinajstić information content (AvgIpc) is 2.70. The van der Waals surface area contributed by atoms with Gasteiger partial charge in [0.1, 0.15) is 0 Å². The van der Waals surface area contributed by atoms with Crippen LogP contribution in [0.5, 0.6) is 0 Å². The summed E-state index contributed by atoms with van der Waals surface area (Å²) in [7, 11) is 2.04. The maximum atomic E-state index is 4.61. The van der Waals surface area contributed by atoms with Gasteiger partial charge in [-0.05, 0) is 55.7 Å². The van der Waals surface area contributed by atoms with Gasteiger partial charge in [-0.2, -0.15) is 5.10 Å². The fraction of sp³-hybridized carbons (Fsp3) is 0.800. The van der Waals surface area contributed by atoms with Crippen molar-refractivity contribution in [2.75, 3.05) is 13.1 Å². The van der Waals surface area contributed by atoms with Gasteiger partial charge in [-0.25, -0.2) is 0 Å². The van der Waals surface area contributed by atoms with Gasteiger partial charge >= 0.3 is 0 Å². The fourth-order valence-electron chi connectivity index (χ4n) is 3.32. The second-order valence-electron chi connectivity index (χ2n) is 6.05. The molecule has 1 aliphatic rings. The lowest BCUT2D eigenvalue weighted by Crippen LogP contribution is -2.36. The van der Waals surface area contributed by atoms with Crippen LogP contribution in [0.1, 0.15) is 50.8 Å². The Morgan fingerprint density at radius 1 is 1.50 bits per heavy atom. The summed E-state index contributed by atoms with van der Waals surface area (Å²) in [6.07, 6.45) is 5.88. The summed E-state index contributed by atoms with van der Waals surface area (Å²) >= 11 is 0.